The van der Waals surface area contributed by atoms with Gasteiger partial charge in [0.05, 0.1) is 17.7 Å². The molecule has 12 nitrogen and oxygen atoms in total. The number of benzene rings is 4. The minimum Gasteiger partial charge on any atom is -0.506 e. The van der Waals surface area contributed by atoms with Crippen molar-refractivity contribution < 1.29 is 29.3 Å². The van der Waals surface area contributed by atoms with E-state index in [1.165, 1.54) is 12.1 Å². The molecule has 310 valence electrons. The Morgan fingerprint density at radius 1 is 0.932 bits per heavy atom. The van der Waals surface area contributed by atoms with E-state index in [9.17, 15) is 24.6 Å². The number of nitrogens with zero attached hydrogens (tertiary/aromatic N) is 2. The van der Waals surface area contributed by atoms with Crippen LogP contribution in [0.2, 0.25) is 0 Å². The quantitative estimate of drug-likeness (QED) is 0.0660. The Bertz CT molecular complexity index is 2240. The van der Waals surface area contributed by atoms with Gasteiger partial charge in [0.2, 0.25) is 5.56 Å². The lowest BCUT2D eigenvalue weighted by molar-refractivity contribution is -0.0336. The summed E-state index contributed by atoms with van der Waals surface area (Å²) in [6.07, 6.45) is 1.45. The van der Waals surface area contributed by atoms with Crippen LogP contribution in [0.4, 0.5) is 4.79 Å². The highest BCUT2D eigenvalue weighted by molar-refractivity contribution is 5.94. The molecule has 5 N–H and O–H groups in total. The molecule has 3 atom stereocenters. The Balaban J connectivity index is 0.917. The summed E-state index contributed by atoms with van der Waals surface area (Å²) in [4.78, 5) is 45.6. The number of rotatable bonds is 17. The van der Waals surface area contributed by atoms with Crippen molar-refractivity contribution in [2.24, 2.45) is 11.8 Å². The predicted molar refractivity (Wildman–Crippen MR) is 227 cm³/mol. The van der Waals surface area contributed by atoms with Crippen LogP contribution in [-0.4, -0.2) is 88.9 Å². The van der Waals surface area contributed by atoms with Gasteiger partial charge in [-0.15, -0.1) is 0 Å². The Kier molecular flexibility index (Phi) is 13.6. The second-order valence-corrected chi connectivity index (χ2v) is 16.1. The number of H-pyrrole nitrogens is 1. The predicted octanol–water partition coefficient (Wildman–Crippen LogP) is 6.53. The number of nitrogens with one attached hydrogen (secondary N) is 3. The van der Waals surface area contributed by atoms with E-state index in [1.807, 2.05) is 83.8 Å². The van der Waals surface area contributed by atoms with Crippen LogP contribution in [0.3, 0.4) is 0 Å². The van der Waals surface area contributed by atoms with Crippen LogP contribution in [0.1, 0.15) is 77.9 Å². The lowest BCUT2D eigenvalue weighted by Crippen LogP contribution is -2.52. The Morgan fingerprint density at radius 3 is 2.42 bits per heavy atom. The van der Waals surface area contributed by atoms with Gasteiger partial charge in [-0.1, -0.05) is 74.5 Å². The number of amides is 2. The molecule has 4 aromatic carbocycles. The molecule has 2 bridgehead atoms. The third kappa shape index (κ3) is 10.7. The molecule has 3 aliphatic heterocycles. The van der Waals surface area contributed by atoms with E-state index in [0.717, 1.165) is 49.2 Å². The highest BCUT2D eigenvalue weighted by atomic mass is 16.6. The molecule has 0 radical (unpaired) electrons. The third-order valence-electron chi connectivity index (χ3n) is 11.3. The van der Waals surface area contributed by atoms with E-state index < -0.39 is 18.2 Å². The van der Waals surface area contributed by atoms with Crippen molar-refractivity contribution in [3.8, 4) is 11.5 Å². The summed E-state index contributed by atoms with van der Waals surface area (Å²) >= 11 is 0. The van der Waals surface area contributed by atoms with Crippen molar-refractivity contribution in [1.29, 1.82) is 0 Å². The van der Waals surface area contributed by atoms with Crippen LogP contribution in [0.15, 0.2) is 108 Å². The number of phenols is 1. The summed E-state index contributed by atoms with van der Waals surface area (Å²) in [6, 6.07) is 30.8. The zero-order chi connectivity index (χ0) is 41.3. The van der Waals surface area contributed by atoms with Crippen molar-refractivity contribution in [3.05, 3.63) is 141 Å². The number of aromatic hydroxyl groups is 1. The first-order valence-corrected chi connectivity index (χ1v) is 20.7. The molecule has 59 heavy (non-hydrogen) atoms. The highest BCUT2D eigenvalue weighted by Crippen LogP contribution is 2.31. The van der Waals surface area contributed by atoms with Crippen LogP contribution in [-0.2, 0) is 11.3 Å². The summed E-state index contributed by atoms with van der Waals surface area (Å²) in [7, 11) is 0. The van der Waals surface area contributed by atoms with Gasteiger partial charge in [0.15, 0.2) is 0 Å². The molecule has 2 amide bonds. The first kappa shape index (κ1) is 41.5. The van der Waals surface area contributed by atoms with Crippen molar-refractivity contribution in [2.45, 2.75) is 58.0 Å². The minimum absolute atomic E-state index is 0.0464. The first-order valence-electron chi connectivity index (χ1n) is 20.7. The number of aromatic amines is 1. The molecule has 4 heterocycles. The fourth-order valence-electron chi connectivity index (χ4n) is 8.22. The Labute approximate surface area is 345 Å². The van der Waals surface area contributed by atoms with Crippen molar-refractivity contribution in [3.63, 3.8) is 0 Å². The van der Waals surface area contributed by atoms with Crippen molar-refractivity contribution in [2.75, 3.05) is 45.8 Å². The number of fused-ring (bicyclic) bond motifs is 4. The van der Waals surface area contributed by atoms with Gasteiger partial charge in [-0.2, -0.15) is 0 Å². The molecule has 12 heteroatoms. The molecule has 0 aliphatic carbocycles. The summed E-state index contributed by atoms with van der Waals surface area (Å²) in [5, 5.41) is 28.1. The van der Waals surface area contributed by atoms with E-state index in [4.69, 9.17) is 9.47 Å². The zero-order valence-electron chi connectivity index (χ0n) is 33.8. The number of aliphatic hydroxyl groups is 1. The van der Waals surface area contributed by atoms with Gasteiger partial charge in [0, 0.05) is 43.2 Å². The Morgan fingerprint density at radius 2 is 1.69 bits per heavy atom. The van der Waals surface area contributed by atoms with E-state index >= 15 is 0 Å². The van der Waals surface area contributed by atoms with Crippen LogP contribution in [0.25, 0.3) is 10.9 Å². The summed E-state index contributed by atoms with van der Waals surface area (Å²) in [5.74, 6) is 1.26. The van der Waals surface area contributed by atoms with Crippen LogP contribution >= 0.6 is 0 Å². The number of piperidine rings is 3. The number of aromatic nitrogens is 1. The topological polar surface area (TPSA) is 156 Å². The van der Waals surface area contributed by atoms with Crippen LogP contribution in [0.5, 0.6) is 11.5 Å². The standard InChI is InChI=1S/C47H55N5O7/c1-31(2)28-52(23-7-22-48-27-41(54)38-16-18-40(53)45-39(38)17-19-43(55)49-45)46(56)35-14-12-32(13-15-35)30-58-37-11-6-10-36(26-37)44(34-8-4-3-5-9-34)50-47(57)59-42-29-51-24-20-33(42)21-25-51/h3-6,8-19,26,31,33,41-42,44,48,53-54H,7,20-25,27-30H2,1-2H3,(H,49,55)(H,50,57)/t41-,42+,44?/m1/s1. The monoisotopic (exact) mass is 801 g/mol. The van der Waals surface area contributed by atoms with Gasteiger partial charge >= 0.3 is 6.09 Å². The van der Waals surface area contributed by atoms with E-state index in [-0.39, 0.29) is 35.8 Å². The van der Waals surface area contributed by atoms with E-state index in [0.29, 0.717) is 66.4 Å². The van der Waals surface area contributed by atoms with Crippen molar-refractivity contribution >= 4 is 22.9 Å². The lowest BCUT2D eigenvalue weighted by Gasteiger charge is -2.43. The highest BCUT2D eigenvalue weighted by Gasteiger charge is 2.37. The molecule has 0 saturated carbocycles. The number of carbonyl (C=O) groups excluding carboxylic acids is 2. The van der Waals surface area contributed by atoms with Gasteiger partial charge in [-0.25, -0.2) is 4.79 Å². The second-order valence-electron chi connectivity index (χ2n) is 16.1. The summed E-state index contributed by atoms with van der Waals surface area (Å²) < 4.78 is 12.2. The van der Waals surface area contributed by atoms with Gasteiger partial charge < -0.3 is 40.2 Å². The second kappa shape index (κ2) is 19.4. The van der Waals surface area contributed by atoms with Gasteiger partial charge in [0.1, 0.15) is 24.2 Å². The molecule has 3 saturated heterocycles. The molecule has 8 rings (SSSR count). The largest absolute Gasteiger partial charge is 0.506 e. The minimum atomic E-state index is -0.859. The smallest absolute Gasteiger partial charge is 0.408 e. The molecule has 1 unspecified atom stereocenters. The molecule has 5 aromatic rings. The molecule has 3 fully saturated rings. The van der Waals surface area contributed by atoms with Crippen molar-refractivity contribution in [1.82, 2.24) is 25.4 Å². The summed E-state index contributed by atoms with van der Waals surface area (Å²) in [5.41, 5.74) is 3.89. The van der Waals surface area contributed by atoms with Gasteiger partial charge in [-0.3, -0.25) is 14.5 Å². The molecular weight excluding hydrogens is 747 g/mol. The SMILES string of the molecule is CC(C)CN(CCCNC[C@@H](O)c1ccc(O)c2[nH]c(=O)ccc12)C(=O)c1ccc(COc2cccc(C(NC(=O)O[C@H]3CN4CCC3CC4)c3ccccc3)c2)cc1. The number of alkyl carbamates (subject to hydrolysis) is 1. The first-order chi connectivity index (χ1) is 28.6. The van der Waals surface area contributed by atoms with Gasteiger partial charge in [0.25, 0.3) is 5.91 Å². The normalized spacial score (nSPS) is 18.3. The maximum atomic E-state index is 13.7. The lowest BCUT2D eigenvalue weighted by atomic mass is 9.86. The number of aliphatic hydroxyl groups excluding tert-OH is 1. The zero-order valence-corrected chi connectivity index (χ0v) is 33.8. The number of hydrogen-bond acceptors (Lipinski definition) is 9. The number of pyridine rings is 1. The average Bonchev–Trinajstić information content (AvgIpc) is 3.25. The number of phenolic OH excluding ortho intramolecular Hbond substituents is 1. The molecule has 1 aromatic heterocycles. The van der Waals surface area contributed by atoms with Crippen LogP contribution in [0, 0.1) is 11.8 Å². The van der Waals surface area contributed by atoms with Gasteiger partial charge in [-0.05, 0) is 109 Å². The molecular formula is C47H55N5O7. The van der Waals surface area contributed by atoms with E-state index in [1.54, 1.807) is 12.1 Å². The number of carbonyl (C=O) groups is 2. The average molecular weight is 802 g/mol. The van der Waals surface area contributed by atoms with E-state index in [2.05, 4.69) is 34.4 Å². The number of hydrogen-bond donors (Lipinski definition) is 5. The Hall–Kier alpha value is -5.69. The maximum Gasteiger partial charge on any atom is 0.408 e. The fourth-order valence-corrected chi connectivity index (χ4v) is 8.22. The third-order valence-corrected chi connectivity index (χ3v) is 11.3. The number of ether oxygens (including phenoxy) is 2. The fraction of sp³-hybridized carbons (Fsp3) is 0.383. The molecule has 0 spiro atoms. The maximum absolute atomic E-state index is 13.7. The molecule has 3 aliphatic rings. The summed E-state index contributed by atoms with van der Waals surface area (Å²) in [6.45, 7) is 9.42. The van der Waals surface area contributed by atoms with Crippen LogP contribution < -0.4 is 20.9 Å².